The molecule has 0 unspecified atom stereocenters. The predicted octanol–water partition coefficient (Wildman–Crippen LogP) is 1.54. The molecule has 1 rings (SSSR count). The van der Waals surface area contributed by atoms with Crippen molar-refractivity contribution in [2.24, 2.45) is 0 Å². The topological polar surface area (TPSA) is 82.3 Å². The summed E-state index contributed by atoms with van der Waals surface area (Å²) in [5.41, 5.74) is -0.0950. The van der Waals surface area contributed by atoms with Crippen molar-refractivity contribution in [3.63, 3.8) is 0 Å². The first-order valence-electron chi connectivity index (χ1n) is 3.45. The maximum Gasteiger partial charge on any atom is 0.382 e. The van der Waals surface area contributed by atoms with Gasteiger partial charge in [0.2, 0.25) is 0 Å². The van der Waals surface area contributed by atoms with Gasteiger partial charge >= 0.3 is 11.8 Å². The maximum absolute atomic E-state index is 11.0. The van der Waals surface area contributed by atoms with Crippen LogP contribution in [-0.4, -0.2) is 23.0 Å². The zero-order chi connectivity index (χ0) is 10.7. The quantitative estimate of drug-likeness (QED) is 0.458. The van der Waals surface area contributed by atoms with Gasteiger partial charge in [-0.05, 0) is 38.0 Å². The molecule has 0 N–H and O–H groups in total. The van der Waals surface area contributed by atoms with Crippen LogP contribution in [0.4, 0.5) is 5.82 Å². The molecule has 0 radical (unpaired) electrons. The second kappa shape index (κ2) is 4.14. The van der Waals surface area contributed by atoms with Crippen LogP contribution in [0.25, 0.3) is 0 Å². The Hall–Kier alpha value is -1.50. The molecule has 0 aliphatic heterocycles. The Balaban J connectivity index is 3.19. The van der Waals surface area contributed by atoms with Crippen molar-refractivity contribution in [3.05, 3.63) is 32.4 Å². The Morgan fingerprint density at radius 3 is 2.79 bits per heavy atom. The van der Waals surface area contributed by atoms with Gasteiger partial charge in [-0.15, -0.1) is 0 Å². The molecule has 0 aliphatic rings. The summed E-state index contributed by atoms with van der Waals surface area (Å²) in [6, 6.07) is 2.71. The van der Waals surface area contributed by atoms with Crippen LogP contribution in [0.15, 0.2) is 16.6 Å². The first-order valence-corrected chi connectivity index (χ1v) is 4.25. The molecule has 0 saturated heterocycles. The maximum atomic E-state index is 11.0. The highest BCUT2D eigenvalue weighted by Gasteiger charge is 2.20. The summed E-state index contributed by atoms with van der Waals surface area (Å²) in [7, 11) is 1.18. The molecule has 6 nitrogen and oxygen atoms in total. The lowest BCUT2D eigenvalue weighted by Gasteiger charge is -1.96. The van der Waals surface area contributed by atoms with Crippen molar-refractivity contribution < 1.29 is 14.5 Å². The van der Waals surface area contributed by atoms with Crippen molar-refractivity contribution in [2.75, 3.05) is 7.11 Å². The third-order valence-electron chi connectivity index (χ3n) is 1.39. The standard InChI is InChI=1S/C7H5BrN2O4/c1-14-7(11)5-3-2-4(8)6(9-5)10(12)13/h2-3H,1H3. The first kappa shape index (κ1) is 10.6. The minimum absolute atomic E-state index is 0.0950. The largest absolute Gasteiger partial charge is 0.463 e. The summed E-state index contributed by atoms with van der Waals surface area (Å²) in [5.74, 6) is -1.12. The van der Waals surface area contributed by atoms with Crippen molar-refractivity contribution in [1.29, 1.82) is 0 Å². The minimum Gasteiger partial charge on any atom is -0.463 e. The van der Waals surface area contributed by atoms with E-state index in [9.17, 15) is 14.9 Å². The van der Waals surface area contributed by atoms with Crippen LogP contribution in [0, 0.1) is 10.1 Å². The molecule has 0 amide bonds. The number of halogens is 1. The van der Waals surface area contributed by atoms with Gasteiger partial charge in [-0.25, -0.2) is 4.79 Å². The SMILES string of the molecule is COC(=O)c1ccc(Br)c([N+](=O)[O-])n1. The van der Waals surface area contributed by atoms with Crippen molar-refractivity contribution in [2.45, 2.75) is 0 Å². The van der Waals surface area contributed by atoms with E-state index in [-0.39, 0.29) is 10.2 Å². The van der Waals surface area contributed by atoms with E-state index in [4.69, 9.17) is 0 Å². The Bertz CT molecular complexity index is 393. The highest BCUT2D eigenvalue weighted by atomic mass is 79.9. The first-order chi connectivity index (χ1) is 6.56. The number of nitrogens with zero attached hydrogens (tertiary/aromatic N) is 2. The molecular formula is C7H5BrN2O4. The summed E-state index contributed by atoms with van der Waals surface area (Å²) in [6.45, 7) is 0. The van der Waals surface area contributed by atoms with Crippen molar-refractivity contribution in [1.82, 2.24) is 4.98 Å². The molecule has 7 heteroatoms. The summed E-state index contributed by atoms with van der Waals surface area (Å²) in [4.78, 5) is 24.3. The van der Waals surface area contributed by atoms with Crippen LogP contribution in [0.3, 0.4) is 0 Å². The summed E-state index contributed by atoms with van der Waals surface area (Å²) in [5, 5.41) is 10.4. The third-order valence-corrected chi connectivity index (χ3v) is 2.01. The van der Waals surface area contributed by atoms with E-state index in [1.807, 2.05) is 0 Å². The normalized spacial score (nSPS) is 9.57. The lowest BCUT2D eigenvalue weighted by Crippen LogP contribution is -2.06. The van der Waals surface area contributed by atoms with Crippen LogP contribution in [0.2, 0.25) is 0 Å². The number of carbonyl (C=O) groups is 1. The summed E-state index contributed by atoms with van der Waals surface area (Å²) >= 11 is 2.95. The van der Waals surface area contributed by atoms with Gasteiger partial charge in [-0.1, -0.05) is 0 Å². The molecule has 0 fully saturated rings. The molecule has 0 atom stereocenters. The fourth-order valence-corrected chi connectivity index (χ4v) is 1.14. The van der Waals surface area contributed by atoms with Gasteiger partial charge in [0.25, 0.3) is 5.69 Å². The number of ether oxygens (including phenoxy) is 1. The van der Waals surface area contributed by atoms with E-state index in [1.54, 1.807) is 0 Å². The third kappa shape index (κ3) is 2.05. The van der Waals surface area contributed by atoms with Gasteiger partial charge < -0.3 is 14.9 Å². The van der Waals surface area contributed by atoms with Crippen LogP contribution in [0.5, 0.6) is 0 Å². The fourth-order valence-electron chi connectivity index (χ4n) is 0.778. The van der Waals surface area contributed by atoms with Crippen LogP contribution in [-0.2, 0) is 4.74 Å². The summed E-state index contributed by atoms with van der Waals surface area (Å²) in [6.07, 6.45) is 0. The Kier molecular flexibility index (Phi) is 3.13. The molecule has 1 heterocycles. The Labute approximate surface area is 87.2 Å². The van der Waals surface area contributed by atoms with Gasteiger partial charge in [0, 0.05) is 0 Å². The zero-order valence-corrected chi connectivity index (χ0v) is 8.65. The van der Waals surface area contributed by atoms with E-state index < -0.39 is 16.7 Å². The van der Waals surface area contributed by atoms with Gasteiger partial charge in [0.1, 0.15) is 4.47 Å². The number of esters is 1. The minimum atomic E-state index is -0.708. The number of hydrogen-bond acceptors (Lipinski definition) is 5. The van der Waals surface area contributed by atoms with Gasteiger partial charge in [0.15, 0.2) is 0 Å². The molecule has 0 bridgehead atoms. The second-order valence-corrected chi connectivity index (χ2v) is 3.10. The Morgan fingerprint density at radius 1 is 1.64 bits per heavy atom. The van der Waals surface area contributed by atoms with E-state index in [1.165, 1.54) is 19.2 Å². The molecule has 0 aromatic carbocycles. The number of methoxy groups -OCH3 is 1. The van der Waals surface area contributed by atoms with Crippen LogP contribution < -0.4 is 0 Å². The number of hydrogen-bond donors (Lipinski definition) is 0. The molecule has 74 valence electrons. The van der Waals surface area contributed by atoms with E-state index >= 15 is 0 Å². The van der Waals surface area contributed by atoms with Crippen LogP contribution in [0.1, 0.15) is 10.5 Å². The molecule has 0 spiro atoms. The van der Waals surface area contributed by atoms with Crippen molar-refractivity contribution in [3.8, 4) is 0 Å². The predicted molar refractivity (Wildman–Crippen MR) is 49.9 cm³/mol. The molecular weight excluding hydrogens is 256 g/mol. The molecule has 0 saturated carbocycles. The van der Waals surface area contributed by atoms with Gasteiger partial charge in [-0.3, -0.25) is 0 Å². The Morgan fingerprint density at radius 2 is 2.29 bits per heavy atom. The lowest BCUT2D eigenvalue weighted by atomic mass is 10.3. The average molecular weight is 261 g/mol. The smallest absolute Gasteiger partial charge is 0.382 e. The molecule has 0 aliphatic carbocycles. The van der Waals surface area contributed by atoms with Crippen molar-refractivity contribution >= 4 is 27.7 Å². The zero-order valence-electron chi connectivity index (χ0n) is 7.06. The van der Waals surface area contributed by atoms with E-state index in [0.717, 1.165) is 0 Å². The number of rotatable bonds is 2. The highest BCUT2D eigenvalue weighted by Crippen LogP contribution is 2.22. The number of nitro groups is 1. The monoisotopic (exact) mass is 260 g/mol. The van der Waals surface area contributed by atoms with Crippen LogP contribution >= 0.6 is 15.9 Å². The van der Waals surface area contributed by atoms with E-state index in [2.05, 4.69) is 25.7 Å². The van der Waals surface area contributed by atoms with E-state index in [0.29, 0.717) is 0 Å². The van der Waals surface area contributed by atoms with Gasteiger partial charge in [0.05, 0.1) is 7.11 Å². The number of carbonyl (C=O) groups excluding carboxylic acids is 1. The van der Waals surface area contributed by atoms with Gasteiger partial charge in [-0.2, -0.15) is 0 Å². The molecule has 14 heavy (non-hydrogen) atoms. The second-order valence-electron chi connectivity index (χ2n) is 2.25. The molecule has 1 aromatic rings. The molecule has 1 aromatic heterocycles. The average Bonchev–Trinajstić information content (AvgIpc) is 2.17. The summed E-state index contributed by atoms with van der Waals surface area (Å²) < 4.78 is 4.59. The fraction of sp³-hybridized carbons (Fsp3) is 0.143. The number of pyridine rings is 1. The lowest BCUT2D eigenvalue weighted by molar-refractivity contribution is -0.390. The number of aromatic nitrogens is 1. The highest BCUT2D eigenvalue weighted by molar-refractivity contribution is 9.10.